The predicted octanol–water partition coefficient (Wildman–Crippen LogP) is 1.67. The summed E-state index contributed by atoms with van der Waals surface area (Å²) in [6.07, 6.45) is 1.06. The normalized spacial score (nSPS) is 14.2. The highest BCUT2D eigenvalue weighted by atomic mass is 32.2. The average Bonchev–Trinajstić information content (AvgIpc) is 2.77. The summed E-state index contributed by atoms with van der Waals surface area (Å²) in [6, 6.07) is 11.3. The summed E-state index contributed by atoms with van der Waals surface area (Å²) in [7, 11) is -0.326. The molecule has 0 aliphatic carbocycles. The maximum absolute atomic E-state index is 12.9. The zero-order valence-corrected chi connectivity index (χ0v) is 18.4. The minimum Gasteiger partial charge on any atom is -0.497 e. The lowest BCUT2D eigenvalue weighted by atomic mass is 10.1. The van der Waals surface area contributed by atoms with E-state index < -0.39 is 10.0 Å². The smallest absolute Gasteiger partial charge is 0.254 e. The summed E-state index contributed by atoms with van der Waals surface area (Å²) >= 11 is 0. The van der Waals surface area contributed by atoms with Gasteiger partial charge in [-0.2, -0.15) is 0 Å². The van der Waals surface area contributed by atoms with Crippen molar-refractivity contribution in [1.82, 2.24) is 9.80 Å². The fourth-order valence-electron chi connectivity index (χ4n) is 3.30. The van der Waals surface area contributed by atoms with Crippen LogP contribution in [0, 0.1) is 0 Å². The van der Waals surface area contributed by atoms with Crippen molar-refractivity contribution in [2.24, 2.45) is 0 Å². The van der Waals surface area contributed by atoms with E-state index in [9.17, 15) is 18.0 Å². The summed E-state index contributed by atoms with van der Waals surface area (Å²) in [4.78, 5) is 29.0. The largest absolute Gasteiger partial charge is 0.497 e. The topological polar surface area (TPSA) is 105 Å². The Hall–Kier alpha value is -3.27. The molecule has 9 nitrogen and oxygen atoms in total. The molecule has 0 spiro atoms. The lowest BCUT2D eigenvalue weighted by Gasteiger charge is -2.35. The molecular weight excluding hydrogens is 422 g/mol. The van der Waals surface area contributed by atoms with Crippen molar-refractivity contribution in [3.8, 4) is 11.5 Å². The number of hydrogen-bond donors (Lipinski definition) is 1. The first kappa shape index (κ1) is 22.4. The van der Waals surface area contributed by atoms with Crippen LogP contribution in [0.1, 0.15) is 20.7 Å². The molecule has 2 aromatic rings. The van der Waals surface area contributed by atoms with Gasteiger partial charge in [0.2, 0.25) is 10.0 Å². The number of piperazine rings is 1. The molecule has 1 heterocycles. The van der Waals surface area contributed by atoms with Crippen LogP contribution >= 0.6 is 0 Å². The SMILES string of the molecule is COc1cc(OC)cc(C(=O)N2CCN(C(=O)c3ccc(NS(C)(=O)=O)cc3)CC2)c1. The van der Waals surface area contributed by atoms with Gasteiger partial charge in [-0.15, -0.1) is 0 Å². The fraction of sp³-hybridized carbons (Fsp3) is 0.333. The van der Waals surface area contributed by atoms with Crippen LogP contribution in [-0.4, -0.2) is 76.7 Å². The number of benzene rings is 2. The van der Waals surface area contributed by atoms with Gasteiger partial charge in [0.15, 0.2) is 0 Å². The molecule has 10 heteroatoms. The quantitative estimate of drug-likeness (QED) is 0.722. The maximum Gasteiger partial charge on any atom is 0.254 e. The van der Waals surface area contributed by atoms with E-state index in [0.717, 1.165) is 6.26 Å². The van der Waals surface area contributed by atoms with Crippen molar-refractivity contribution in [2.45, 2.75) is 0 Å². The van der Waals surface area contributed by atoms with Gasteiger partial charge in [0.25, 0.3) is 11.8 Å². The molecule has 0 radical (unpaired) electrons. The lowest BCUT2D eigenvalue weighted by Crippen LogP contribution is -2.50. The lowest BCUT2D eigenvalue weighted by molar-refractivity contribution is 0.0535. The van der Waals surface area contributed by atoms with Gasteiger partial charge in [-0.25, -0.2) is 8.42 Å². The van der Waals surface area contributed by atoms with Gasteiger partial charge in [0, 0.05) is 49.1 Å². The Morgan fingerprint density at radius 2 is 1.26 bits per heavy atom. The summed E-state index contributed by atoms with van der Waals surface area (Å²) in [5.74, 6) is 0.747. The van der Waals surface area contributed by atoms with Gasteiger partial charge in [-0.05, 0) is 36.4 Å². The second kappa shape index (κ2) is 9.25. The van der Waals surface area contributed by atoms with E-state index in [1.54, 1.807) is 52.3 Å². The van der Waals surface area contributed by atoms with E-state index in [4.69, 9.17) is 9.47 Å². The number of rotatable bonds is 6. The third-order valence-electron chi connectivity index (χ3n) is 4.89. The van der Waals surface area contributed by atoms with Gasteiger partial charge in [-0.3, -0.25) is 14.3 Å². The van der Waals surface area contributed by atoms with E-state index >= 15 is 0 Å². The number of nitrogens with zero attached hydrogens (tertiary/aromatic N) is 2. The number of anilines is 1. The van der Waals surface area contributed by atoms with Crippen LogP contribution < -0.4 is 14.2 Å². The second-order valence-electron chi connectivity index (χ2n) is 7.14. The summed E-state index contributed by atoms with van der Waals surface area (Å²) in [5, 5.41) is 0. The number of ether oxygens (including phenoxy) is 2. The van der Waals surface area contributed by atoms with Gasteiger partial charge in [0.1, 0.15) is 11.5 Å². The van der Waals surface area contributed by atoms with Crippen molar-refractivity contribution in [3.05, 3.63) is 53.6 Å². The number of carbonyl (C=O) groups is 2. The summed E-state index contributed by atoms with van der Waals surface area (Å²) < 4.78 is 35.4. The Balaban J connectivity index is 1.62. The van der Waals surface area contributed by atoms with Crippen LogP contribution in [0.25, 0.3) is 0 Å². The molecule has 1 aliphatic rings. The van der Waals surface area contributed by atoms with Gasteiger partial charge < -0.3 is 19.3 Å². The molecule has 0 atom stereocenters. The average molecular weight is 448 g/mol. The molecule has 166 valence electrons. The van der Waals surface area contributed by atoms with E-state index in [0.29, 0.717) is 54.5 Å². The van der Waals surface area contributed by atoms with Crippen molar-refractivity contribution >= 4 is 27.5 Å². The highest BCUT2D eigenvalue weighted by Gasteiger charge is 2.26. The molecular formula is C21H25N3O6S. The third kappa shape index (κ3) is 5.66. The minimum absolute atomic E-state index is 0.152. The molecule has 1 saturated heterocycles. The number of sulfonamides is 1. The first-order valence-electron chi connectivity index (χ1n) is 9.59. The molecule has 2 amide bonds. The Labute approximate surface area is 181 Å². The summed E-state index contributed by atoms with van der Waals surface area (Å²) in [6.45, 7) is 1.60. The molecule has 0 saturated carbocycles. The van der Waals surface area contributed by atoms with Crippen molar-refractivity contribution in [3.63, 3.8) is 0 Å². The Bertz CT molecular complexity index is 1040. The molecule has 3 rings (SSSR count). The molecule has 31 heavy (non-hydrogen) atoms. The fourth-order valence-corrected chi connectivity index (χ4v) is 3.87. The molecule has 0 bridgehead atoms. The molecule has 1 fully saturated rings. The van der Waals surface area contributed by atoms with E-state index in [1.807, 2.05) is 0 Å². The number of nitrogens with one attached hydrogen (secondary N) is 1. The van der Waals surface area contributed by atoms with Crippen LogP contribution in [0.15, 0.2) is 42.5 Å². The van der Waals surface area contributed by atoms with Crippen LogP contribution in [0.4, 0.5) is 5.69 Å². The number of methoxy groups -OCH3 is 2. The van der Waals surface area contributed by atoms with Gasteiger partial charge in [-0.1, -0.05) is 0 Å². The van der Waals surface area contributed by atoms with Crippen molar-refractivity contribution in [2.75, 3.05) is 51.4 Å². The van der Waals surface area contributed by atoms with Crippen molar-refractivity contribution < 1.29 is 27.5 Å². The van der Waals surface area contributed by atoms with Crippen LogP contribution in [0.2, 0.25) is 0 Å². The van der Waals surface area contributed by atoms with E-state index in [1.165, 1.54) is 14.2 Å². The highest BCUT2D eigenvalue weighted by molar-refractivity contribution is 7.92. The standard InChI is InChI=1S/C21H25N3O6S/c1-29-18-12-16(13-19(14-18)30-2)21(26)24-10-8-23(9-11-24)20(25)15-4-6-17(7-5-15)22-31(3,27)28/h4-7,12-14,22H,8-11H2,1-3H3. The molecule has 1 aliphatic heterocycles. The monoisotopic (exact) mass is 447 g/mol. The van der Waals surface area contributed by atoms with Gasteiger partial charge >= 0.3 is 0 Å². The molecule has 2 aromatic carbocycles. The Morgan fingerprint density at radius 3 is 1.68 bits per heavy atom. The Kier molecular flexibility index (Phi) is 6.69. The highest BCUT2D eigenvalue weighted by Crippen LogP contribution is 2.24. The third-order valence-corrected chi connectivity index (χ3v) is 5.49. The van der Waals surface area contributed by atoms with Gasteiger partial charge in [0.05, 0.1) is 20.5 Å². The van der Waals surface area contributed by atoms with Crippen LogP contribution in [0.5, 0.6) is 11.5 Å². The summed E-state index contributed by atoms with van der Waals surface area (Å²) in [5.41, 5.74) is 1.31. The van der Waals surface area contributed by atoms with Crippen LogP contribution in [0.3, 0.4) is 0 Å². The number of amides is 2. The second-order valence-corrected chi connectivity index (χ2v) is 8.89. The zero-order valence-electron chi connectivity index (χ0n) is 17.6. The number of carbonyl (C=O) groups excluding carboxylic acids is 2. The Morgan fingerprint density at radius 1 is 0.806 bits per heavy atom. The van der Waals surface area contributed by atoms with E-state index in [-0.39, 0.29) is 11.8 Å². The predicted molar refractivity (Wildman–Crippen MR) is 116 cm³/mol. The first-order valence-corrected chi connectivity index (χ1v) is 11.5. The number of hydrogen-bond acceptors (Lipinski definition) is 6. The van der Waals surface area contributed by atoms with Crippen molar-refractivity contribution in [1.29, 1.82) is 0 Å². The minimum atomic E-state index is -3.38. The molecule has 0 unspecified atom stereocenters. The van der Waals surface area contributed by atoms with E-state index in [2.05, 4.69) is 4.72 Å². The van der Waals surface area contributed by atoms with Crippen LogP contribution in [-0.2, 0) is 10.0 Å². The zero-order chi connectivity index (χ0) is 22.6. The first-order chi connectivity index (χ1) is 14.7. The molecule has 1 N–H and O–H groups in total. The maximum atomic E-state index is 12.9. The molecule has 0 aromatic heterocycles.